The zero-order chi connectivity index (χ0) is 16.9. The van der Waals surface area contributed by atoms with Crippen molar-refractivity contribution in [1.29, 1.82) is 0 Å². The van der Waals surface area contributed by atoms with Gasteiger partial charge in [0.1, 0.15) is 11.6 Å². The molecule has 2 aromatic rings. The number of pyridine rings is 1. The summed E-state index contributed by atoms with van der Waals surface area (Å²) in [4.78, 5) is 31.6. The number of hydrogen-bond acceptors (Lipinski definition) is 4. The molecule has 1 aliphatic rings. The summed E-state index contributed by atoms with van der Waals surface area (Å²) < 4.78 is 12.9. The Kier molecular flexibility index (Phi) is 4.85. The molecule has 24 heavy (non-hydrogen) atoms. The van der Waals surface area contributed by atoms with Crippen LogP contribution in [0.3, 0.4) is 0 Å². The number of aromatic nitrogens is 1. The maximum absolute atomic E-state index is 12.9. The molecule has 2 heterocycles. The van der Waals surface area contributed by atoms with Crippen LogP contribution < -0.4 is 10.6 Å². The number of amides is 3. The Morgan fingerprint density at radius 3 is 2.79 bits per heavy atom. The Balaban J connectivity index is 1.61. The number of urea groups is 1. The highest BCUT2D eigenvalue weighted by Crippen LogP contribution is 2.23. The predicted octanol–water partition coefficient (Wildman–Crippen LogP) is 2.58. The lowest BCUT2D eigenvalue weighted by Crippen LogP contribution is -2.26. The molecule has 0 saturated carbocycles. The Hall–Kier alpha value is -2.74. The van der Waals surface area contributed by atoms with Gasteiger partial charge in [0.25, 0.3) is 0 Å². The van der Waals surface area contributed by atoms with Gasteiger partial charge in [-0.25, -0.2) is 14.2 Å². The fraction of sp³-hybridized carbons (Fsp3) is 0.125. The van der Waals surface area contributed by atoms with Crippen LogP contribution in [0.4, 0.5) is 15.0 Å². The van der Waals surface area contributed by atoms with Gasteiger partial charge in [-0.3, -0.25) is 10.1 Å². The zero-order valence-electron chi connectivity index (χ0n) is 12.4. The lowest BCUT2D eigenvalue weighted by molar-refractivity contribution is -0.118. The molecule has 1 fully saturated rings. The van der Waals surface area contributed by atoms with Gasteiger partial charge in [-0.1, -0.05) is 30.0 Å². The van der Waals surface area contributed by atoms with E-state index in [2.05, 4.69) is 20.6 Å². The standard InChI is InChI=1S/C16H13FN4O2S/c17-11-6-4-10(5-7-11)9-12-14(22)20-16(24-12)21-15(23)19-13-3-1-2-8-18-13/h1-8,12H,9H2,(H2,18,19,20,21,22,23). The summed E-state index contributed by atoms with van der Waals surface area (Å²) in [5.41, 5.74) is 0.836. The number of aliphatic imine (C=N–C) groups is 1. The summed E-state index contributed by atoms with van der Waals surface area (Å²) in [5.74, 6) is -0.173. The minimum absolute atomic E-state index is 0.228. The number of carbonyl (C=O) groups is 2. The molecule has 0 aliphatic carbocycles. The Morgan fingerprint density at radius 1 is 1.29 bits per heavy atom. The molecule has 1 aromatic carbocycles. The van der Waals surface area contributed by atoms with E-state index in [1.165, 1.54) is 23.9 Å². The molecule has 1 aromatic heterocycles. The number of anilines is 1. The van der Waals surface area contributed by atoms with Crippen LogP contribution in [0.15, 0.2) is 53.7 Å². The average Bonchev–Trinajstić information content (AvgIpc) is 2.89. The number of amidine groups is 1. The SMILES string of the molecule is O=C(/N=C1/NC(=O)C(Cc2ccc(F)cc2)S1)Nc1ccccn1. The maximum atomic E-state index is 12.9. The minimum atomic E-state index is -0.612. The number of nitrogens with zero attached hydrogens (tertiary/aromatic N) is 2. The average molecular weight is 344 g/mol. The van der Waals surface area contributed by atoms with E-state index < -0.39 is 11.3 Å². The molecule has 3 rings (SSSR count). The Labute approximate surface area is 141 Å². The summed E-state index contributed by atoms with van der Waals surface area (Å²) >= 11 is 1.17. The number of thioether (sulfide) groups is 1. The normalized spacial score (nSPS) is 18.5. The highest BCUT2D eigenvalue weighted by molar-refractivity contribution is 8.15. The quantitative estimate of drug-likeness (QED) is 0.896. The zero-order valence-corrected chi connectivity index (χ0v) is 13.2. The van der Waals surface area contributed by atoms with Crippen LogP contribution in [-0.4, -0.2) is 27.3 Å². The molecule has 1 atom stereocenters. The van der Waals surface area contributed by atoms with Gasteiger partial charge in [0.15, 0.2) is 5.17 Å². The number of nitrogens with one attached hydrogen (secondary N) is 2. The van der Waals surface area contributed by atoms with Crippen molar-refractivity contribution in [3.05, 3.63) is 60.0 Å². The molecule has 0 spiro atoms. The van der Waals surface area contributed by atoms with E-state index in [0.717, 1.165) is 5.56 Å². The number of halogens is 1. The first-order valence-electron chi connectivity index (χ1n) is 7.13. The van der Waals surface area contributed by atoms with Crippen LogP contribution in [0.2, 0.25) is 0 Å². The van der Waals surface area contributed by atoms with Gasteiger partial charge in [0.2, 0.25) is 5.91 Å². The highest BCUT2D eigenvalue weighted by atomic mass is 32.2. The van der Waals surface area contributed by atoms with Gasteiger partial charge in [0.05, 0.1) is 5.25 Å². The van der Waals surface area contributed by atoms with Gasteiger partial charge in [-0.15, -0.1) is 0 Å². The number of rotatable bonds is 3. The van der Waals surface area contributed by atoms with Crippen molar-refractivity contribution in [2.75, 3.05) is 5.32 Å². The summed E-state index contributed by atoms with van der Waals surface area (Å²) in [6.45, 7) is 0. The summed E-state index contributed by atoms with van der Waals surface area (Å²) in [7, 11) is 0. The van der Waals surface area contributed by atoms with Crippen molar-refractivity contribution in [3.8, 4) is 0 Å². The van der Waals surface area contributed by atoms with E-state index in [1.807, 2.05) is 0 Å². The molecule has 1 aliphatic heterocycles. The van der Waals surface area contributed by atoms with E-state index in [4.69, 9.17) is 0 Å². The van der Waals surface area contributed by atoms with Crippen molar-refractivity contribution in [2.24, 2.45) is 4.99 Å². The van der Waals surface area contributed by atoms with Crippen LogP contribution in [0.5, 0.6) is 0 Å². The lowest BCUT2D eigenvalue weighted by Gasteiger charge is -2.04. The van der Waals surface area contributed by atoms with Crippen LogP contribution in [0.25, 0.3) is 0 Å². The topological polar surface area (TPSA) is 83.5 Å². The lowest BCUT2D eigenvalue weighted by atomic mass is 10.1. The first kappa shape index (κ1) is 16.1. The van der Waals surface area contributed by atoms with E-state index in [1.54, 1.807) is 36.5 Å². The van der Waals surface area contributed by atoms with Crippen LogP contribution in [0.1, 0.15) is 5.56 Å². The Bertz CT molecular complexity index is 780. The highest BCUT2D eigenvalue weighted by Gasteiger charge is 2.30. The third-order valence-corrected chi connectivity index (χ3v) is 4.30. The monoisotopic (exact) mass is 344 g/mol. The smallest absolute Gasteiger partial charge is 0.304 e. The van der Waals surface area contributed by atoms with Gasteiger partial charge in [-0.2, -0.15) is 4.99 Å². The number of carbonyl (C=O) groups excluding carboxylic acids is 2. The summed E-state index contributed by atoms with van der Waals surface area (Å²) in [6.07, 6.45) is 1.98. The molecular formula is C16H13FN4O2S. The first-order chi connectivity index (χ1) is 11.6. The van der Waals surface area contributed by atoms with Crippen molar-refractivity contribution in [3.63, 3.8) is 0 Å². The van der Waals surface area contributed by atoms with Crippen molar-refractivity contribution < 1.29 is 14.0 Å². The molecule has 1 saturated heterocycles. The number of benzene rings is 1. The van der Waals surface area contributed by atoms with E-state index in [9.17, 15) is 14.0 Å². The molecule has 0 bridgehead atoms. The predicted molar refractivity (Wildman–Crippen MR) is 90.3 cm³/mol. The van der Waals surface area contributed by atoms with E-state index >= 15 is 0 Å². The van der Waals surface area contributed by atoms with Crippen molar-refractivity contribution >= 4 is 34.7 Å². The van der Waals surface area contributed by atoms with E-state index in [-0.39, 0.29) is 16.9 Å². The molecule has 3 amide bonds. The fourth-order valence-electron chi connectivity index (χ4n) is 2.09. The molecule has 0 radical (unpaired) electrons. The largest absolute Gasteiger partial charge is 0.348 e. The van der Waals surface area contributed by atoms with Crippen LogP contribution in [0, 0.1) is 5.82 Å². The summed E-state index contributed by atoms with van der Waals surface area (Å²) in [6, 6.07) is 10.5. The van der Waals surface area contributed by atoms with E-state index in [0.29, 0.717) is 12.2 Å². The van der Waals surface area contributed by atoms with Crippen molar-refractivity contribution in [2.45, 2.75) is 11.7 Å². The van der Waals surface area contributed by atoms with Gasteiger partial charge in [-0.05, 0) is 36.2 Å². The summed E-state index contributed by atoms with van der Waals surface area (Å²) in [5, 5.41) is 4.91. The molecule has 1 unspecified atom stereocenters. The van der Waals surface area contributed by atoms with Crippen LogP contribution in [-0.2, 0) is 11.2 Å². The first-order valence-corrected chi connectivity index (χ1v) is 8.01. The van der Waals surface area contributed by atoms with Crippen molar-refractivity contribution in [1.82, 2.24) is 10.3 Å². The third-order valence-electron chi connectivity index (χ3n) is 3.21. The second kappa shape index (κ2) is 7.22. The van der Waals surface area contributed by atoms with Gasteiger partial charge in [0, 0.05) is 6.20 Å². The fourth-order valence-corrected chi connectivity index (χ4v) is 3.10. The Morgan fingerprint density at radius 2 is 2.08 bits per heavy atom. The third kappa shape index (κ3) is 4.17. The molecule has 2 N–H and O–H groups in total. The maximum Gasteiger partial charge on any atom is 0.348 e. The molecule has 122 valence electrons. The minimum Gasteiger partial charge on any atom is -0.304 e. The second-order valence-electron chi connectivity index (χ2n) is 4.99. The van der Waals surface area contributed by atoms with Gasteiger partial charge < -0.3 is 5.32 Å². The van der Waals surface area contributed by atoms with Gasteiger partial charge >= 0.3 is 6.03 Å². The molecule has 8 heteroatoms. The molecule has 6 nitrogen and oxygen atoms in total. The second-order valence-corrected chi connectivity index (χ2v) is 6.18. The molecular weight excluding hydrogens is 331 g/mol. The number of hydrogen-bond donors (Lipinski definition) is 2. The van der Waals surface area contributed by atoms with Crippen LogP contribution >= 0.6 is 11.8 Å².